The monoisotopic (exact) mass is 483 g/mol. The Morgan fingerprint density at radius 2 is 2.00 bits per heavy atom. The first kappa shape index (κ1) is 24.0. The SMILES string of the molecule is CCOC(=O)CC1COc2ccc(CNS(=O)(=O)c3cn(C)cn3)cc2C1Cc1ccccc1. The van der Waals surface area contributed by atoms with Crippen LogP contribution in [0.2, 0.25) is 0 Å². The van der Waals surface area contributed by atoms with Crippen molar-refractivity contribution < 1.29 is 22.7 Å². The number of rotatable bonds is 9. The Hall–Kier alpha value is -3.17. The second-order valence-electron chi connectivity index (χ2n) is 8.45. The van der Waals surface area contributed by atoms with E-state index in [9.17, 15) is 13.2 Å². The number of sulfonamides is 1. The highest BCUT2D eigenvalue weighted by atomic mass is 32.2. The normalized spacial score (nSPS) is 17.6. The highest BCUT2D eigenvalue weighted by molar-refractivity contribution is 7.89. The molecule has 3 aromatic rings. The second kappa shape index (κ2) is 10.4. The zero-order valence-electron chi connectivity index (χ0n) is 19.3. The molecule has 8 nitrogen and oxygen atoms in total. The lowest BCUT2D eigenvalue weighted by Crippen LogP contribution is -2.30. The van der Waals surface area contributed by atoms with Gasteiger partial charge in [0.05, 0.1) is 26.0 Å². The minimum absolute atomic E-state index is 0.0206. The molecule has 1 aromatic heterocycles. The maximum atomic E-state index is 12.6. The van der Waals surface area contributed by atoms with Crippen LogP contribution in [0, 0.1) is 5.92 Å². The number of nitrogens with one attached hydrogen (secondary N) is 1. The first-order valence-electron chi connectivity index (χ1n) is 11.3. The van der Waals surface area contributed by atoms with E-state index >= 15 is 0 Å². The van der Waals surface area contributed by atoms with Gasteiger partial charge in [-0.3, -0.25) is 4.79 Å². The van der Waals surface area contributed by atoms with Crippen LogP contribution in [0.1, 0.15) is 36.0 Å². The van der Waals surface area contributed by atoms with Crippen LogP contribution in [0.25, 0.3) is 0 Å². The van der Waals surface area contributed by atoms with Gasteiger partial charge in [-0.1, -0.05) is 42.5 Å². The third-order valence-electron chi connectivity index (χ3n) is 5.95. The second-order valence-corrected chi connectivity index (χ2v) is 10.2. The largest absolute Gasteiger partial charge is 0.493 e. The van der Waals surface area contributed by atoms with Crippen LogP contribution < -0.4 is 9.46 Å². The fourth-order valence-electron chi connectivity index (χ4n) is 4.26. The predicted octanol–water partition coefficient (Wildman–Crippen LogP) is 3.19. The molecule has 34 heavy (non-hydrogen) atoms. The molecule has 9 heteroatoms. The molecular weight excluding hydrogens is 454 g/mol. The molecule has 0 amide bonds. The minimum Gasteiger partial charge on any atom is -0.493 e. The Bertz CT molecular complexity index is 1240. The summed E-state index contributed by atoms with van der Waals surface area (Å²) in [7, 11) is -2.01. The fraction of sp³-hybridized carbons (Fsp3) is 0.360. The minimum atomic E-state index is -3.73. The van der Waals surface area contributed by atoms with Gasteiger partial charge in [0.1, 0.15) is 5.75 Å². The van der Waals surface area contributed by atoms with Crippen molar-refractivity contribution in [1.82, 2.24) is 14.3 Å². The average molecular weight is 484 g/mol. The van der Waals surface area contributed by atoms with E-state index in [1.165, 1.54) is 12.5 Å². The summed E-state index contributed by atoms with van der Waals surface area (Å²) in [5, 5.41) is -0.0206. The number of carbonyl (C=O) groups is 1. The molecule has 1 aliphatic heterocycles. The molecule has 0 fully saturated rings. The van der Waals surface area contributed by atoms with Crippen molar-refractivity contribution in [3.8, 4) is 5.75 Å². The maximum Gasteiger partial charge on any atom is 0.306 e. The Morgan fingerprint density at radius 3 is 2.71 bits per heavy atom. The molecule has 180 valence electrons. The number of nitrogens with zero attached hydrogens (tertiary/aromatic N) is 2. The summed E-state index contributed by atoms with van der Waals surface area (Å²) in [4.78, 5) is 16.2. The lowest BCUT2D eigenvalue weighted by atomic mass is 9.78. The first-order valence-corrected chi connectivity index (χ1v) is 12.8. The van der Waals surface area contributed by atoms with E-state index in [1.807, 2.05) is 36.4 Å². The van der Waals surface area contributed by atoms with Gasteiger partial charge in [0, 0.05) is 25.7 Å². The molecule has 2 aromatic carbocycles. The number of aromatic nitrogens is 2. The molecule has 0 spiro atoms. The molecule has 1 aliphatic rings. The van der Waals surface area contributed by atoms with E-state index in [1.54, 1.807) is 18.5 Å². The molecular formula is C25H29N3O5S. The van der Waals surface area contributed by atoms with E-state index in [4.69, 9.17) is 9.47 Å². The van der Waals surface area contributed by atoms with Crippen molar-refractivity contribution in [2.24, 2.45) is 13.0 Å². The third-order valence-corrected chi connectivity index (χ3v) is 7.24. The molecule has 0 aliphatic carbocycles. The van der Waals surface area contributed by atoms with Gasteiger partial charge in [-0.15, -0.1) is 0 Å². The summed E-state index contributed by atoms with van der Waals surface area (Å²) >= 11 is 0. The Kier molecular flexibility index (Phi) is 7.33. The van der Waals surface area contributed by atoms with Gasteiger partial charge >= 0.3 is 5.97 Å². The van der Waals surface area contributed by atoms with Gasteiger partial charge in [-0.25, -0.2) is 18.1 Å². The summed E-state index contributed by atoms with van der Waals surface area (Å²) in [6.45, 7) is 2.68. The van der Waals surface area contributed by atoms with Gasteiger partial charge in [0.25, 0.3) is 10.0 Å². The Balaban J connectivity index is 1.58. The van der Waals surface area contributed by atoms with Crippen LogP contribution in [0.15, 0.2) is 66.1 Å². The lowest BCUT2D eigenvalue weighted by Gasteiger charge is -2.34. The van der Waals surface area contributed by atoms with Crippen molar-refractivity contribution >= 4 is 16.0 Å². The van der Waals surface area contributed by atoms with Crippen LogP contribution >= 0.6 is 0 Å². The predicted molar refractivity (Wildman–Crippen MR) is 127 cm³/mol. The highest BCUT2D eigenvalue weighted by Gasteiger charge is 2.33. The zero-order valence-corrected chi connectivity index (χ0v) is 20.1. The van der Waals surface area contributed by atoms with Crippen molar-refractivity contribution in [1.29, 1.82) is 0 Å². The van der Waals surface area contributed by atoms with Gasteiger partial charge in [-0.05, 0) is 42.0 Å². The van der Waals surface area contributed by atoms with Crippen LogP contribution in [0.3, 0.4) is 0 Å². The van der Waals surface area contributed by atoms with E-state index in [0.717, 1.165) is 28.9 Å². The van der Waals surface area contributed by atoms with Gasteiger partial charge in [0.15, 0.2) is 5.03 Å². The van der Waals surface area contributed by atoms with Crippen LogP contribution in [0.4, 0.5) is 0 Å². The standard InChI is InChI=1S/C25H29N3O5S/c1-3-32-25(29)13-20-16-33-23-10-9-19(14-27-34(30,31)24-15-28(2)17-26-24)12-22(23)21(20)11-18-7-5-4-6-8-18/h4-10,12,15,17,20-21,27H,3,11,13-14,16H2,1-2H3. The number of ether oxygens (including phenoxy) is 2. The van der Waals surface area contributed by atoms with Crippen LogP contribution in [-0.2, 0) is 39.6 Å². The van der Waals surface area contributed by atoms with Gasteiger partial charge in [-0.2, -0.15) is 0 Å². The van der Waals surface area contributed by atoms with Gasteiger partial charge < -0.3 is 14.0 Å². The molecule has 2 atom stereocenters. The highest BCUT2D eigenvalue weighted by Crippen LogP contribution is 2.41. The molecule has 0 saturated heterocycles. The number of hydrogen-bond acceptors (Lipinski definition) is 6. The molecule has 0 radical (unpaired) electrons. The molecule has 0 saturated carbocycles. The molecule has 2 unspecified atom stereocenters. The maximum absolute atomic E-state index is 12.6. The third kappa shape index (κ3) is 5.66. The lowest BCUT2D eigenvalue weighted by molar-refractivity contribution is -0.144. The molecule has 1 N–H and O–H groups in total. The van der Waals surface area contributed by atoms with E-state index < -0.39 is 10.0 Å². The summed E-state index contributed by atoms with van der Waals surface area (Å²) in [5.74, 6) is 0.504. The van der Waals surface area contributed by atoms with E-state index in [2.05, 4.69) is 21.8 Å². The van der Waals surface area contributed by atoms with Crippen molar-refractivity contribution in [2.45, 2.75) is 37.3 Å². The molecule has 2 heterocycles. The number of esters is 1. The average Bonchev–Trinajstić information content (AvgIpc) is 3.27. The zero-order chi connectivity index (χ0) is 24.1. The number of imidazole rings is 1. The number of fused-ring (bicyclic) bond motifs is 1. The Morgan fingerprint density at radius 1 is 1.21 bits per heavy atom. The number of hydrogen-bond donors (Lipinski definition) is 1. The number of aryl methyl sites for hydroxylation is 1. The first-order chi connectivity index (χ1) is 16.4. The van der Waals surface area contributed by atoms with Crippen molar-refractivity contribution in [3.63, 3.8) is 0 Å². The quantitative estimate of drug-likeness (QED) is 0.469. The molecule has 0 bridgehead atoms. The molecule has 4 rings (SSSR count). The summed E-state index contributed by atoms with van der Waals surface area (Å²) < 4.78 is 40.6. The topological polar surface area (TPSA) is 99.5 Å². The number of benzene rings is 2. The van der Waals surface area contributed by atoms with Gasteiger partial charge in [0.2, 0.25) is 0 Å². The van der Waals surface area contributed by atoms with Crippen LogP contribution in [-0.4, -0.2) is 37.2 Å². The van der Waals surface area contributed by atoms with Crippen molar-refractivity contribution in [3.05, 3.63) is 77.7 Å². The Labute approximate surface area is 200 Å². The summed E-state index contributed by atoms with van der Waals surface area (Å²) in [5.41, 5.74) is 2.94. The van der Waals surface area contributed by atoms with E-state index in [0.29, 0.717) is 13.2 Å². The summed E-state index contributed by atoms with van der Waals surface area (Å²) in [6.07, 6.45) is 3.91. The van der Waals surface area contributed by atoms with Crippen molar-refractivity contribution in [2.75, 3.05) is 13.2 Å². The smallest absolute Gasteiger partial charge is 0.306 e. The number of carbonyl (C=O) groups excluding carboxylic acids is 1. The van der Waals surface area contributed by atoms with Crippen LogP contribution in [0.5, 0.6) is 5.75 Å². The fourth-order valence-corrected chi connectivity index (χ4v) is 5.25. The van der Waals surface area contributed by atoms with E-state index in [-0.39, 0.29) is 35.8 Å². The summed E-state index contributed by atoms with van der Waals surface area (Å²) in [6, 6.07) is 15.8.